The molecule has 1 aliphatic heterocycles. The molecule has 0 atom stereocenters. The minimum Gasteiger partial charge on any atom is -0.324 e. The van der Waals surface area contributed by atoms with Crippen LogP contribution in [-0.2, 0) is 10.0 Å². The van der Waals surface area contributed by atoms with E-state index in [1.807, 2.05) is 0 Å². The Morgan fingerprint density at radius 3 is 2.74 bits per heavy atom. The highest BCUT2D eigenvalue weighted by Gasteiger charge is 2.29. The summed E-state index contributed by atoms with van der Waals surface area (Å²) < 4.78 is 27.1. The normalized spacial score (nSPS) is 19.1. The molecule has 0 unspecified atom stereocenters. The minimum atomic E-state index is -3.54. The molecule has 0 fully saturated rings. The van der Waals surface area contributed by atoms with Crippen molar-refractivity contribution in [2.75, 3.05) is 11.9 Å². The molecule has 0 amide bonds. The van der Waals surface area contributed by atoms with Crippen molar-refractivity contribution in [2.24, 2.45) is 10.9 Å². The standard InChI is InChI=1S/C11H16ClN3O2S2/c1-3-7(4-2)6-13-11-14-8-5-9(12)18-10(8)19(16,17)15-11/h5,7H,3-4,6H2,1-2H3,(H2,13,14,15). The van der Waals surface area contributed by atoms with Crippen LogP contribution in [0.3, 0.4) is 0 Å². The van der Waals surface area contributed by atoms with Gasteiger partial charge in [-0.05, 0) is 12.0 Å². The molecule has 1 aromatic rings. The quantitative estimate of drug-likeness (QED) is 0.895. The number of sulfonamides is 1. The van der Waals surface area contributed by atoms with Gasteiger partial charge in [0.15, 0.2) is 4.21 Å². The molecular formula is C11H16ClN3O2S2. The van der Waals surface area contributed by atoms with Crippen molar-refractivity contribution < 1.29 is 8.42 Å². The van der Waals surface area contributed by atoms with E-state index in [1.54, 1.807) is 6.07 Å². The van der Waals surface area contributed by atoms with Gasteiger partial charge in [0, 0.05) is 6.54 Å². The maximum Gasteiger partial charge on any atom is 0.275 e. The van der Waals surface area contributed by atoms with Gasteiger partial charge in [-0.25, -0.2) is 13.1 Å². The SMILES string of the molecule is CCC(CC)CN=C1Nc2cc(Cl)sc2S(=O)(=O)N1. The first-order valence-electron chi connectivity index (χ1n) is 6.09. The van der Waals surface area contributed by atoms with Crippen molar-refractivity contribution in [3.8, 4) is 0 Å². The van der Waals surface area contributed by atoms with Crippen molar-refractivity contribution in [1.82, 2.24) is 4.72 Å². The Bertz CT molecular complexity index is 591. The average Bonchev–Trinajstić information content (AvgIpc) is 2.71. The Labute approximate surface area is 122 Å². The second-order valence-electron chi connectivity index (χ2n) is 4.35. The number of nitrogens with one attached hydrogen (secondary N) is 2. The van der Waals surface area contributed by atoms with Gasteiger partial charge in [0.05, 0.1) is 10.0 Å². The monoisotopic (exact) mass is 321 g/mol. The van der Waals surface area contributed by atoms with Crippen LogP contribution in [0.25, 0.3) is 0 Å². The molecule has 2 heterocycles. The van der Waals surface area contributed by atoms with E-state index in [9.17, 15) is 8.42 Å². The summed E-state index contributed by atoms with van der Waals surface area (Å²) in [6.07, 6.45) is 2.05. The van der Waals surface area contributed by atoms with Crippen molar-refractivity contribution in [3.63, 3.8) is 0 Å². The van der Waals surface area contributed by atoms with Gasteiger partial charge in [-0.2, -0.15) is 0 Å². The van der Waals surface area contributed by atoms with E-state index in [2.05, 4.69) is 28.9 Å². The maximum atomic E-state index is 12.0. The second-order valence-corrected chi connectivity index (χ2v) is 7.92. The highest BCUT2D eigenvalue weighted by molar-refractivity contribution is 7.92. The average molecular weight is 322 g/mol. The van der Waals surface area contributed by atoms with Crippen LogP contribution >= 0.6 is 22.9 Å². The third-order valence-corrected chi connectivity index (χ3v) is 6.20. The topological polar surface area (TPSA) is 70.6 Å². The number of rotatable bonds is 4. The van der Waals surface area contributed by atoms with Crippen LogP contribution in [0.2, 0.25) is 4.34 Å². The number of hydrogen-bond donors (Lipinski definition) is 2. The highest BCUT2D eigenvalue weighted by Crippen LogP contribution is 2.36. The summed E-state index contributed by atoms with van der Waals surface area (Å²) >= 11 is 6.87. The van der Waals surface area contributed by atoms with Gasteiger partial charge in [0.2, 0.25) is 5.96 Å². The molecule has 0 bridgehead atoms. The van der Waals surface area contributed by atoms with Gasteiger partial charge < -0.3 is 5.32 Å². The predicted octanol–water partition coefficient (Wildman–Crippen LogP) is 2.90. The van der Waals surface area contributed by atoms with E-state index in [4.69, 9.17) is 11.6 Å². The third-order valence-electron chi connectivity index (χ3n) is 3.06. The number of guanidine groups is 1. The Kier molecular flexibility index (Phi) is 4.37. The molecule has 0 saturated carbocycles. The highest BCUT2D eigenvalue weighted by atomic mass is 35.5. The molecule has 0 saturated heterocycles. The first-order chi connectivity index (χ1) is 8.96. The minimum absolute atomic E-state index is 0.207. The first-order valence-corrected chi connectivity index (χ1v) is 8.77. The molecule has 2 N–H and O–H groups in total. The van der Waals surface area contributed by atoms with Crippen molar-refractivity contribution in [2.45, 2.75) is 30.9 Å². The van der Waals surface area contributed by atoms with Crippen LogP contribution in [0.15, 0.2) is 15.3 Å². The van der Waals surface area contributed by atoms with E-state index in [-0.39, 0.29) is 10.2 Å². The van der Waals surface area contributed by atoms with Gasteiger partial charge in [0.1, 0.15) is 0 Å². The number of thiophene rings is 1. The van der Waals surface area contributed by atoms with Gasteiger partial charge in [-0.3, -0.25) is 4.99 Å². The van der Waals surface area contributed by atoms with Crippen molar-refractivity contribution >= 4 is 44.6 Å². The largest absolute Gasteiger partial charge is 0.324 e. The Morgan fingerprint density at radius 1 is 1.42 bits per heavy atom. The van der Waals surface area contributed by atoms with Crippen LogP contribution < -0.4 is 10.0 Å². The number of fused-ring (bicyclic) bond motifs is 1. The molecular weight excluding hydrogens is 306 g/mol. The lowest BCUT2D eigenvalue weighted by Gasteiger charge is -2.19. The summed E-state index contributed by atoms with van der Waals surface area (Å²) in [6.45, 7) is 4.80. The van der Waals surface area contributed by atoms with Gasteiger partial charge in [-0.1, -0.05) is 38.3 Å². The van der Waals surface area contributed by atoms with Gasteiger partial charge in [-0.15, -0.1) is 11.3 Å². The number of anilines is 1. The molecule has 1 aliphatic rings. The molecule has 2 rings (SSSR count). The molecule has 0 aromatic carbocycles. The summed E-state index contributed by atoms with van der Waals surface area (Å²) in [5.41, 5.74) is 0.497. The van der Waals surface area contributed by atoms with E-state index in [0.717, 1.165) is 24.2 Å². The third kappa shape index (κ3) is 3.21. The number of halogens is 1. The summed E-state index contributed by atoms with van der Waals surface area (Å²) in [7, 11) is -3.54. The van der Waals surface area contributed by atoms with Crippen molar-refractivity contribution in [1.29, 1.82) is 0 Å². The number of aliphatic imine (C=N–C) groups is 1. The smallest absolute Gasteiger partial charge is 0.275 e. The second kappa shape index (κ2) is 5.68. The van der Waals surface area contributed by atoms with Gasteiger partial charge in [0.25, 0.3) is 10.0 Å². The first kappa shape index (κ1) is 14.6. The fourth-order valence-electron chi connectivity index (χ4n) is 1.80. The number of nitrogens with zero attached hydrogens (tertiary/aromatic N) is 1. The lowest BCUT2D eigenvalue weighted by atomic mass is 10.0. The molecule has 1 aromatic heterocycles. The summed E-state index contributed by atoms with van der Waals surface area (Å²) in [6, 6.07) is 1.60. The van der Waals surface area contributed by atoms with E-state index in [1.165, 1.54) is 0 Å². The molecule has 0 spiro atoms. The van der Waals surface area contributed by atoms with Crippen LogP contribution in [0.4, 0.5) is 5.69 Å². The zero-order valence-corrected chi connectivity index (χ0v) is 13.1. The summed E-state index contributed by atoms with van der Waals surface area (Å²) in [5.74, 6) is 0.736. The lowest BCUT2D eigenvalue weighted by Crippen LogP contribution is -2.40. The summed E-state index contributed by atoms with van der Waals surface area (Å²) in [5, 5.41) is 2.96. The maximum absolute atomic E-state index is 12.0. The summed E-state index contributed by atoms with van der Waals surface area (Å²) in [4.78, 5) is 4.31. The number of hydrogen-bond acceptors (Lipinski definition) is 4. The van der Waals surface area contributed by atoms with Crippen LogP contribution in [0.5, 0.6) is 0 Å². The van der Waals surface area contributed by atoms with E-state index < -0.39 is 10.0 Å². The Morgan fingerprint density at radius 2 is 2.11 bits per heavy atom. The van der Waals surface area contributed by atoms with Crippen LogP contribution in [0, 0.1) is 5.92 Å². The fourth-order valence-corrected chi connectivity index (χ4v) is 4.54. The molecule has 0 radical (unpaired) electrons. The fraction of sp³-hybridized carbons (Fsp3) is 0.545. The predicted molar refractivity (Wildman–Crippen MR) is 79.6 cm³/mol. The van der Waals surface area contributed by atoms with E-state index >= 15 is 0 Å². The lowest BCUT2D eigenvalue weighted by molar-refractivity contribution is 0.505. The van der Waals surface area contributed by atoms with Crippen LogP contribution in [-0.4, -0.2) is 20.9 Å². The van der Waals surface area contributed by atoms with Crippen molar-refractivity contribution in [3.05, 3.63) is 10.4 Å². The molecule has 0 aliphatic carbocycles. The van der Waals surface area contributed by atoms with Crippen LogP contribution in [0.1, 0.15) is 26.7 Å². The molecule has 8 heteroatoms. The van der Waals surface area contributed by atoms with Gasteiger partial charge >= 0.3 is 0 Å². The molecule has 106 valence electrons. The zero-order valence-electron chi connectivity index (χ0n) is 10.7. The molecule has 19 heavy (non-hydrogen) atoms. The molecule has 5 nitrogen and oxygen atoms in total. The zero-order chi connectivity index (χ0) is 14.0. The Hall–Kier alpha value is -0.790. The Balaban J connectivity index is 2.22. The van der Waals surface area contributed by atoms with E-state index in [0.29, 0.717) is 22.5 Å².